The summed E-state index contributed by atoms with van der Waals surface area (Å²) in [5.41, 5.74) is 9.29. The summed E-state index contributed by atoms with van der Waals surface area (Å²) in [5, 5.41) is 10.0. The van der Waals surface area contributed by atoms with Gasteiger partial charge in [0, 0.05) is 4.90 Å². The first-order valence-corrected chi connectivity index (χ1v) is 7.92. The van der Waals surface area contributed by atoms with Gasteiger partial charge in [-0.15, -0.1) is 0 Å². The topological polar surface area (TPSA) is 101 Å². The normalized spacial score (nSPS) is 11.8. The first-order valence-electron chi connectivity index (χ1n) is 6.35. The maximum atomic E-state index is 10.9. The summed E-state index contributed by atoms with van der Waals surface area (Å²) in [7, 11) is 0. The van der Waals surface area contributed by atoms with Crippen LogP contribution in [0.3, 0.4) is 0 Å². The number of carboxylic acids is 1. The van der Waals surface area contributed by atoms with Gasteiger partial charge in [0.1, 0.15) is 10.7 Å². The van der Waals surface area contributed by atoms with Crippen molar-refractivity contribution in [2.24, 2.45) is 11.6 Å². The molecule has 23 heavy (non-hydrogen) atoms. The highest BCUT2D eigenvalue weighted by molar-refractivity contribution is 8.03. The Balaban J connectivity index is 2.24. The Hall–Kier alpha value is -1.86. The number of hydrogen-bond donors (Lipinski definition) is 4. The number of carbonyl (C=O) groups is 1. The molecule has 0 radical (unpaired) electrons. The van der Waals surface area contributed by atoms with Crippen molar-refractivity contribution in [3.8, 4) is 11.1 Å². The minimum Gasteiger partial charge on any atom is -0.477 e. The third kappa shape index (κ3) is 4.33. The van der Waals surface area contributed by atoms with Crippen molar-refractivity contribution in [3.63, 3.8) is 0 Å². The molecular formula is C15H13Cl2N3O2S. The predicted octanol–water partition coefficient (Wildman–Crippen LogP) is 3.43. The molecule has 0 saturated carbocycles. The molecule has 0 unspecified atom stereocenters. The van der Waals surface area contributed by atoms with Crippen LogP contribution in [-0.4, -0.2) is 11.1 Å². The molecule has 0 aromatic heterocycles. The lowest BCUT2D eigenvalue weighted by molar-refractivity contribution is -0.132. The summed E-state index contributed by atoms with van der Waals surface area (Å²) in [6.07, 6.45) is 0. The molecule has 6 N–H and O–H groups in total. The Bertz CT molecular complexity index is 764. The van der Waals surface area contributed by atoms with Gasteiger partial charge in [-0.25, -0.2) is 10.6 Å². The number of carboxylic acid groups (broad SMARTS) is 1. The van der Waals surface area contributed by atoms with Crippen LogP contribution in [0.15, 0.2) is 58.1 Å². The van der Waals surface area contributed by atoms with Gasteiger partial charge in [-0.2, -0.15) is 0 Å². The molecular weight excluding hydrogens is 357 g/mol. The van der Waals surface area contributed by atoms with E-state index in [2.05, 4.69) is 5.43 Å². The van der Waals surface area contributed by atoms with Crippen molar-refractivity contribution in [1.82, 2.24) is 5.43 Å². The molecule has 0 atom stereocenters. The van der Waals surface area contributed by atoms with E-state index in [0.717, 1.165) is 27.8 Å². The zero-order valence-electron chi connectivity index (χ0n) is 11.7. The lowest BCUT2D eigenvalue weighted by atomic mass is 10.1. The Labute approximate surface area is 147 Å². The summed E-state index contributed by atoms with van der Waals surface area (Å²) in [4.78, 5) is 11.7. The molecule has 2 rings (SSSR count). The number of rotatable bonds is 5. The lowest BCUT2D eigenvalue weighted by Crippen LogP contribution is -2.26. The number of nitrogens with two attached hydrogens (primary N) is 2. The maximum Gasteiger partial charge on any atom is 0.354 e. The second-order valence-corrected chi connectivity index (χ2v) is 6.35. The van der Waals surface area contributed by atoms with Gasteiger partial charge in [-0.1, -0.05) is 53.2 Å². The summed E-state index contributed by atoms with van der Waals surface area (Å²) < 4.78 is 0. The Morgan fingerprint density at radius 1 is 1.04 bits per heavy atom. The third-order valence-corrected chi connectivity index (χ3v) is 4.72. The molecule has 0 spiro atoms. The van der Waals surface area contributed by atoms with Crippen LogP contribution in [0.4, 0.5) is 0 Å². The van der Waals surface area contributed by atoms with Crippen LogP contribution >= 0.6 is 35.0 Å². The average molecular weight is 370 g/mol. The lowest BCUT2D eigenvalue weighted by Gasteiger charge is -2.09. The summed E-state index contributed by atoms with van der Waals surface area (Å²) in [5.74, 6) is 4.07. The molecule has 120 valence electrons. The molecule has 2 aromatic rings. The van der Waals surface area contributed by atoms with Gasteiger partial charge in [-0.3, -0.25) is 0 Å². The van der Waals surface area contributed by atoms with Crippen LogP contribution in [0.25, 0.3) is 11.1 Å². The predicted molar refractivity (Wildman–Crippen MR) is 93.9 cm³/mol. The van der Waals surface area contributed by atoms with E-state index >= 15 is 0 Å². The number of thioether (sulfide) groups is 1. The summed E-state index contributed by atoms with van der Waals surface area (Å²) in [6.45, 7) is 0. The number of hydrazine groups is 1. The van der Waals surface area contributed by atoms with Crippen molar-refractivity contribution < 1.29 is 9.90 Å². The third-order valence-electron chi connectivity index (χ3n) is 2.93. The van der Waals surface area contributed by atoms with Crippen molar-refractivity contribution in [2.75, 3.05) is 0 Å². The fourth-order valence-corrected chi connectivity index (χ4v) is 2.83. The van der Waals surface area contributed by atoms with Crippen molar-refractivity contribution >= 4 is 40.9 Å². The number of hydrogen-bond acceptors (Lipinski definition) is 5. The van der Waals surface area contributed by atoms with Gasteiger partial charge in [0.25, 0.3) is 0 Å². The number of halogens is 2. The molecule has 0 aliphatic heterocycles. The Morgan fingerprint density at radius 3 is 2.17 bits per heavy atom. The molecule has 5 nitrogen and oxygen atoms in total. The van der Waals surface area contributed by atoms with Gasteiger partial charge < -0.3 is 16.3 Å². The Morgan fingerprint density at radius 2 is 1.65 bits per heavy atom. The van der Waals surface area contributed by atoms with Gasteiger partial charge >= 0.3 is 5.97 Å². The molecule has 0 amide bonds. The van der Waals surface area contributed by atoms with E-state index in [1.54, 1.807) is 12.1 Å². The van der Waals surface area contributed by atoms with Crippen LogP contribution in [0, 0.1) is 0 Å². The summed E-state index contributed by atoms with van der Waals surface area (Å²) in [6, 6.07) is 12.8. The van der Waals surface area contributed by atoms with Crippen LogP contribution in [0.1, 0.15) is 0 Å². The van der Waals surface area contributed by atoms with E-state index in [4.69, 9.17) is 39.9 Å². The minimum atomic E-state index is -1.24. The van der Waals surface area contributed by atoms with Gasteiger partial charge in [0.2, 0.25) is 0 Å². The van der Waals surface area contributed by atoms with E-state index in [9.17, 15) is 4.79 Å². The van der Waals surface area contributed by atoms with E-state index in [1.165, 1.54) is 0 Å². The first-order chi connectivity index (χ1) is 10.9. The number of benzene rings is 2. The van der Waals surface area contributed by atoms with E-state index in [1.807, 2.05) is 30.3 Å². The van der Waals surface area contributed by atoms with Crippen molar-refractivity contribution in [1.29, 1.82) is 0 Å². The largest absolute Gasteiger partial charge is 0.477 e. The summed E-state index contributed by atoms with van der Waals surface area (Å²) >= 11 is 13.0. The molecule has 0 aliphatic rings. The first kappa shape index (κ1) is 17.5. The van der Waals surface area contributed by atoms with Crippen LogP contribution in [-0.2, 0) is 4.79 Å². The van der Waals surface area contributed by atoms with Gasteiger partial charge in [0.05, 0.1) is 10.0 Å². The van der Waals surface area contributed by atoms with Crippen LogP contribution in [0.5, 0.6) is 0 Å². The molecule has 0 heterocycles. The van der Waals surface area contributed by atoms with Crippen molar-refractivity contribution in [3.05, 3.63) is 63.2 Å². The fourth-order valence-electron chi connectivity index (χ4n) is 1.77. The molecule has 0 saturated heterocycles. The van der Waals surface area contributed by atoms with E-state index < -0.39 is 5.97 Å². The standard InChI is InChI=1S/C15H13Cl2N3O2S/c16-11-6-3-9(7-12(11)17)8-1-4-10(5-2-8)23-14(20-19)13(18)15(21)22/h1-7,20H,18-19H2,(H,21,22)/b14-13+. The number of nitrogens with one attached hydrogen (secondary N) is 1. The Kier molecular flexibility index (Phi) is 5.79. The molecule has 2 aromatic carbocycles. The molecule has 0 fully saturated rings. The molecule has 8 heteroatoms. The van der Waals surface area contributed by atoms with Crippen LogP contribution < -0.4 is 17.0 Å². The van der Waals surface area contributed by atoms with Crippen molar-refractivity contribution in [2.45, 2.75) is 4.90 Å². The van der Waals surface area contributed by atoms with E-state index in [-0.39, 0.29) is 10.7 Å². The van der Waals surface area contributed by atoms with Crippen LogP contribution in [0.2, 0.25) is 10.0 Å². The van der Waals surface area contributed by atoms with E-state index in [0.29, 0.717) is 10.0 Å². The quantitative estimate of drug-likeness (QED) is 0.278. The molecule has 0 aliphatic carbocycles. The fraction of sp³-hybridized carbons (Fsp3) is 0. The highest BCUT2D eigenvalue weighted by atomic mass is 35.5. The SMILES string of the molecule is NN/C(Sc1ccc(-c2ccc(Cl)c(Cl)c2)cc1)=C(\N)C(=O)O. The maximum absolute atomic E-state index is 10.9. The highest BCUT2D eigenvalue weighted by Crippen LogP contribution is 2.31. The molecule has 0 bridgehead atoms. The smallest absolute Gasteiger partial charge is 0.354 e. The highest BCUT2D eigenvalue weighted by Gasteiger charge is 2.11. The zero-order chi connectivity index (χ0) is 17.0. The zero-order valence-corrected chi connectivity index (χ0v) is 14.0. The average Bonchev–Trinajstić information content (AvgIpc) is 2.55. The van der Waals surface area contributed by atoms with Gasteiger partial charge in [-0.05, 0) is 35.4 Å². The monoisotopic (exact) mass is 369 g/mol. The second kappa shape index (κ2) is 7.61. The second-order valence-electron chi connectivity index (χ2n) is 4.45. The van der Waals surface area contributed by atoms with Gasteiger partial charge in [0.15, 0.2) is 0 Å². The minimum absolute atomic E-state index is 0.166. The number of aliphatic carboxylic acids is 1.